The summed E-state index contributed by atoms with van der Waals surface area (Å²) in [7, 11) is 0. The molecular formula is C10H17NO3. The average molecular weight is 199 g/mol. The van der Waals surface area contributed by atoms with Gasteiger partial charge in [-0.25, -0.2) is 0 Å². The van der Waals surface area contributed by atoms with E-state index < -0.39 is 5.60 Å². The molecular weight excluding hydrogens is 182 g/mol. The van der Waals surface area contributed by atoms with Crippen LogP contribution in [0.3, 0.4) is 0 Å². The van der Waals surface area contributed by atoms with Crippen molar-refractivity contribution in [3.63, 3.8) is 0 Å². The van der Waals surface area contributed by atoms with E-state index in [1.807, 2.05) is 13.8 Å². The van der Waals surface area contributed by atoms with Gasteiger partial charge in [0.25, 0.3) is 0 Å². The summed E-state index contributed by atoms with van der Waals surface area (Å²) in [6.45, 7) is 8.15. The Labute approximate surface area is 84.2 Å². The number of hydrogen-bond acceptors (Lipinski definition) is 3. The van der Waals surface area contributed by atoms with Crippen LogP contribution in [0.5, 0.6) is 0 Å². The number of amides is 1. The molecule has 80 valence electrons. The van der Waals surface area contributed by atoms with Gasteiger partial charge in [0.1, 0.15) is 0 Å². The van der Waals surface area contributed by atoms with Crippen molar-refractivity contribution in [3.05, 3.63) is 12.7 Å². The maximum atomic E-state index is 11.4. The zero-order valence-electron chi connectivity index (χ0n) is 8.69. The minimum Gasteiger partial charge on any atom is -0.394 e. The molecule has 4 nitrogen and oxygen atoms in total. The van der Waals surface area contributed by atoms with Crippen LogP contribution in [-0.2, 0) is 9.53 Å². The molecule has 0 aliphatic carbocycles. The minimum atomic E-state index is -0.398. The van der Waals surface area contributed by atoms with Crippen molar-refractivity contribution in [1.82, 2.24) is 4.90 Å². The van der Waals surface area contributed by atoms with Crippen molar-refractivity contribution < 1.29 is 14.6 Å². The molecule has 1 rings (SSSR count). The van der Waals surface area contributed by atoms with Crippen LogP contribution in [0.4, 0.5) is 0 Å². The summed E-state index contributed by atoms with van der Waals surface area (Å²) < 4.78 is 5.57. The molecule has 0 aromatic carbocycles. The second kappa shape index (κ2) is 4.11. The van der Waals surface area contributed by atoms with Crippen molar-refractivity contribution in [2.45, 2.75) is 25.6 Å². The first kappa shape index (κ1) is 11.2. The SMILES string of the molecule is C=CC(=O)N1CC(CO)OC(C)(C)C1. The number of morpholine rings is 1. The number of ether oxygens (including phenoxy) is 1. The average Bonchev–Trinajstić information content (AvgIpc) is 2.14. The quantitative estimate of drug-likeness (QED) is 0.645. The van der Waals surface area contributed by atoms with E-state index in [2.05, 4.69) is 6.58 Å². The summed E-state index contributed by atoms with van der Waals surface area (Å²) in [5.41, 5.74) is -0.398. The van der Waals surface area contributed by atoms with Crippen LogP contribution in [0, 0.1) is 0 Å². The van der Waals surface area contributed by atoms with Crippen molar-refractivity contribution >= 4 is 5.91 Å². The monoisotopic (exact) mass is 199 g/mol. The Morgan fingerprint density at radius 3 is 2.93 bits per heavy atom. The highest BCUT2D eigenvalue weighted by Crippen LogP contribution is 2.20. The molecule has 0 aromatic heterocycles. The molecule has 1 heterocycles. The van der Waals surface area contributed by atoms with E-state index >= 15 is 0 Å². The van der Waals surface area contributed by atoms with E-state index in [4.69, 9.17) is 9.84 Å². The van der Waals surface area contributed by atoms with E-state index in [1.165, 1.54) is 6.08 Å². The molecule has 0 spiro atoms. The number of rotatable bonds is 2. The smallest absolute Gasteiger partial charge is 0.246 e. The first-order chi connectivity index (χ1) is 6.48. The van der Waals surface area contributed by atoms with Crippen LogP contribution in [0.15, 0.2) is 12.7 Å². The standard InChI is InChI=1S/C10H17NO3/c1-4-9(13)11-5-8(6-12)14-10(2,3)7-11/h4,8,12H,1,5-7H2,2-3H3. The number of carbonyl (C=O) groups excluding carboxylic acids is 1. The predicted octanol–water partition coefficient (Wildman–Crippen LogP) is 0.171. The highest BCUT2D eigenvalue weighted by atomic mass is 16.5. The van der Waals surface area contributed by atoms with E-state index in [-0.39, 0.29) is 18.6 Å². The van der Waals surface area contributed by atoms with Crippen LogP contribution < -0.4 is 0 Å². The summed E-state index contributed by atoms with van der Waals surface area (Å²) in [5, 5.41) is 9.01. The number of aliphatic hydroxyl groups is 1. The molecule has 0 aromatic rings. The molecule has 0 radical (unpaired) electrons. The second-order valence-electron chi connectivity index (χ2n) is 4.11. The third-order valence-corrected chi connectivity index (χ3v) is 2.17. The molecule has 1 atom stereocenters. The molecule has 1 aliphatic rings. The topological polar surface area (TPSA) is 49.8 Å². The van der Waals surface area contributed by atoms with E-state index in [0.717, 1.165) is 0 Å². The summed E-state index contributed by atoms with van der Waals surface area (Å²) >= 11 is 0. The normalized spacial score (nSPS) is 25.9. The molecule has 0 saturated carbocycles. The van der Waals surface area contributed by atoms with E-state index in [1.54, 1.807) is 4.90 Å². The number of carbonyl (C=O) groups is 1. The summed E-state index contributed by atoms with van der Waals surface area (Å²) in [6.07, 6.45) is 0.998. The third-order valence-electron chi connectivity index (χ3n) is 2.17. The van der Waals surface area contributed by atoms with Crippen molar-refractivity contribution in [2.24, 2.45) is 0 Å². The lowest BCUT2D eigenvalue weighted by atomic mass is 10.1. The first-order valence-corrected chi connectivity index (χ1v) is 4.68. The van der Waals surface area contributed by atoms with E-state index in [0.29, 0.717) is 13.1 Å². The molecule has 1 fully saturated rings. The maximum absolute atomic E-state index is 11.4. The van der Waals surface area contributed by atoms with Gasteiger partial charge in [-0.3, -0.25) is 4.79 Å². The molecule has 1 saturated heterocycles. The van der Waals surface area contributed by atoms with Crippen LogP contribution >= 0.6 is 0 Å². The summed E-state index contributed by atoms with van der Waals surface area (Å²) in [6, 6.07) is 0. The Morgan fingerprint density at radius 2 is 2.43 bits per heavy atom. The summed E-state index contributed by atoms with van der Waals surface area (Å²) in [5.74, 6) is -0.111. The van der Waals surface area contributed by atoms with Crippen LogP contribution in [0.25, 0.3) is 0 Å². The van der Waals surface area contributed by atoms with E-state index in [9.17, 15) is 4.79 Å². The molecule has 1 amide bonds. The highest BCUT2D eigenvalue weighted by Gasteiger charge is 2.34. The number of aliphatic hydroxyl groups excluding tert-OH is 1. The fraction of sp³-hybridized carbons (Fsp3) is 0.700. The Morgan fingerprint density at radius 1 is 1.79 bits per heavy atom. The van der Waals surface area contributed by atoms with Crippen LogP contribution in [0.1, 0.15) is 13.8 Å². The molecule has 1 aliphatic heterocycles. The zero-order valence-corrected chi connectivity index (χ0v) is 8.69. The van der Waals surface area contributed by atoms with Gasteiger partial charge in [0, 0.05) is 13.1 Å². The molecule has 1 unspecified atom stereocenters. The Bertz CT molecular complexity index is 238. The number of hydrogen-bond donors (Lipinski definition) is 1. The van der Waals surface area contributed by atoms with Gasteiger partial charge in [0.15, 0.2) is 0 Å². The lowest BCUT2D eigenvalue weighted by Crippen LogP contribution is -2.55. The van der Waals surface area contributed by atoms with Crippen molar-refractivity contribution in [3.8, 4) is 0 Å². The second-order valence-corrected chi connectivity index (χ2v) is 4.11. The zero-order chi connectivity index (χ0) is 10.8. The van der Waals surface area contributed by atoms with Crippen molar-refractivity contribution in [2.75, 3.05) is 19.7 Å². The van der Waals surface area contributed by atoms with Crippen LogP contribution in [-0.4, -0.2) is 47.3 Å². The fourth-order valence-corrected chi connectivity index (χ4v) is 1.69. The van der Waals surface area contributed by atoms with Crippen molar-refractivity contribution in [1.29, 1.82) is 0 Å². The Kier molecular flexibility index (Phi) is 3.29. The van der Waals surface area contributed by atoms with Gasteiger partial charge >= 0.3 is 0 Å². The highest BCUT2D eigenvalue weighted by molar-refractivity contribution is 5.87. The number of nitrogens with zero attached hydrogens (tertiary/aromatic N) is 1. The van der Waals surface area contributed by atoms with Gasteiger partial charge in [-0.05, 0) is 19.9 Å². The molecule has 4 heteroatoms. The largest absolute Gasteiger partial charge is 0.394 e. The van der Waals surface area contributed by atoms with Gasteiger partial charge in [-0.1, -0.05) is 6.58 Å². The van der Waals surface area contributed by atoms with Gasteiger partial charge in [-0.15, -0.1) is 0 Å². The maximum Gasteiger partial charge on any atom is 0.246 e. The molecule has 1 N–H and O–H groups in total. The summed E-state index contributed by atoms with van der Waals surface area (Å²) in [4.78, 5) is 13.0. The van der Waals surface area contributed by atoms with Gasteiger partial charge in [0.2, 0.25) is 5.91 Å². The lowest BCUT2D eigenvalue weighted by Gasteiger charge is -2.41. The fourth-order valence-electron chi connectivity index (χ4n) is 1.69. The minimum absolute atomic E-state index is 0.0651. The first-order valence-electron chi connectivity index (χ1n) is 4.68. The Hall–Kier alpha value is -0.870. The van der Waals surface area contributed by atoms with Gasteiger partial charge in [-0.2, -0.15) is 0 Å². The lowest BCUT2D eigenvalue weighted by molar-refractivity contribution is -0.163. The molecule has 14 heavy (non-hydrogen) atoms. The third kappa shape index (κ3) is 2.56. The molecule has 0 bridgehead atoms. The predicted molar refractivity (Wildman–Crippen MR) is 52.8 cm³/mol. The van der Waals surface area contributed by atoms with Gasteiger partial charge in [0.05, 0.1) is 18.3 Å². The van der Waals surface area contributed by atoms with Gasteiger partial charge < -0.3 is 14.7 Å². The van der Waals surface area contributed by atoms with Crippen LogP contribution in [0.2, 0.25) is 0 Å². The Balaban J connectivity index is 2.70.